The molecule has 0 heterocycles. The molecule has 0 bridgehead atoms. The number of carbonyl (C=O) groups is 2. The molecule has 2 aromatic carbocycles. The molecule has 0 aliphatic carbocycles. The number of primary amides is 1. The largest absolute Gasteiger partial charge is 0.481 e. The van der Waals surface area contributed by atoms with Gasteiger partial charge in [0.25, 0.3) is 5.91 Å². The Bertz CT molecular complexity index is 650. The lowest BCUT2D eigenvalue weighted by Gasteiger charge is -2.11. The van der Waals surface area contributed by atoms with Crippen molar-refractivity contribution in [3.05, 3.63) is 64.7 Å². The third-order valence-corrected chi connectivity index (χ3v) is 3.19. The number of carbonyl (C=O) groups excluding carboxylic acids is 2. The highest BCUT2D eigenvalue weighted by molar-refractivity contribution is 6.30. The van der Waals surface area contributed by atoms with E-state index in [0.29, 0.717) is 21.9 Å². The first-order chi connectivity index (χ1) is 9.97. The highest BCUT2D eigenvalue weighted by atomic mass is 35.5. The monoisotopic (exact) mass is 303 g/mol. The zero-order valence-electron chi connectivity index (χ0n) is 11.4. The minimum absolute atomic E-state index is 0.110. The number of benzene rings is 2. The maximum absolute atomic E-state index is 12.2. The van der Waals surface area contributed by atoms with Gasteiger partial charge in [-0.15, -0.1) is 0 Å². The fourth-order valence-corrected chi connectivity index (χ4v) is 1.84. The van der Waals surface area contributed by atoms with E-state index in [4.69, 9.17) is 22.1 Å². The molecule has 0 fully saturated rings. The molecule has 0 saturated carbocycles. The van der Waals surface area contributed by atoms with Crippen LogP contribution in [0.5, 0.6) is 5.75 Å². The van der Waals surface area contributed by atoms with Gasteiger partial charge in [-0.25, -0.2) is 0 Å². The van der Waals surface area contributed by atoms with Gasteiger partial charge in [-0.3, -0.25) is 9.59 Å². The summed E-state index contributed by atoms with van der Waals surface area (Å²) in [5, 5.41) is 0.579. The van der Waals surface area contributed by atoms with Gasteiger partial charge in [0.05, 0.1) is 0 Å². The molecule has 0 unspecified atom stereocenters. The Morgan fingerprint density at radius 3 is 1.95 bits per heavy atom. The van der Waals surface area contributed by atoms with Crippen molar-refractivity contribution in [2.75, 3.05) is 0 Å². The topological polar surface area (TPSA) is 69.4 Å². The average Bonchev–Trinajstić information content (AvgIpc) is 2.48. The van der Waals surface area contributed by atoms with Crippen LogP contribution in [-0.4, -0.2) is 17.8 Å². The average molecular weight is 304 g/mol. The second-order valence-electron chi connectivity index (χ2n) is 4.52. The molecule has 2 rings (SSSR count). The predicted octanol–water partition coefficient (Wildman–Crippen LogP) is 2.82. The first-order valence-corrected chi connectivity index (χ1v) is 6.71. The summed E-state index contributed by atoms with van der Waals surface area (Å²) < 4.78 is 5.33. The van der Waals surface area contributed by atoms with Gasteiger partial charge in [0.1, 0.15) is 5.75 Å². The molecule has 1 atom stereocenters. The number of hydrogen-bond acceptors (Lipinski definition) is 3. The van der Waals surface area contributed by atoms with Gasteiger partial charge in [-0.2, -0.15) is 0 Å². The van der Waals surface area contributed by atoms with E-state index in [1.54, 1.807) is 55.5 Å². The van der Waals surface area contributed by atoms with Gasteiger partial charge in [0.2, 0.25) is 0 Å². The molecule has 2 N–H and O–H groups in total. The lowest BCUT2D eigenvalue weighted by atomic mass is 10.0. The Morgan fingerprint density at radius 1 is 1.00 bits per heavy atom. The highest BCUT2D eigenvalue weighted by Gasteiger charge is 2.12. The summed E-state index contributed by atoms with van der Waals surface area (Å²) >= 11 is 5.79. The van der Waals surface area contributed by atoms with E-state index in [2.05, 4.69) is 0 Å². The molecule has 108 valence electrons. The summed E-state index contributed by atoms with van der Waals surface area (Å²) in [5.41, 5.74) is 6.20. The minimum Gasteiger partial charge on any atom is -0.481 e. The molecule has 1 amide bonds. The minimum atomic E-state index is -0.720. The van der Waals surface area contributed by atoms with E-state index in [9.17, 15) is 9.59 Å². The predicted molar refractivity (Wildman–Crippen MR) is 80.6 cm³/mol. The molecule has 0 aliphatic heterocycles. The van der Waals surface area contributed by atoms with Crippen LogP contribution in [0.15, 0.2) is 48.5 Å². The Labute approximate surface area is 127 Å². The number of ketones is 1. The zero-order valence-corrected chi connectivity index (χ0v) is 12.1. The Hall–Kier alpha value is -2.33. The smallest absolute Gasteiger partial charge is 0.258 e. The summed E-state index contributed by atoms with van der Waals surface area (Å²) in [7, 11) is 0. The molecule has 2 aromatic rings. The van der Waals surface area contributed by atoms with E-state index >= 15 is 0 Å². The lowest BCUT2D eigenvalue weighted by molar-refractivity contribution is -0.123. The second-order valence-corrected chi connectivity index (χ2v) is 4.96. The van der Waals surface area contributed by atoms with Gasteiger partial charge in [-0.1, -0.05) is 11.6 Å². The van der Waals surface area contributed by atoms with Crippen molar-refractivity contribution < 1.29 is 14.3 Å². The number of ether oxygens (including phenoxy) is 1. The van der Waals surface area contributed by atoms with Crippen LogP contribution in [0.25, 0.3) is 0 Å². The zero-order chi connectivity index (χ0) is 15.4. The first-order valence-electron chi connectivity index (χ1n) is 6.33. The van der Waals surface area contributed by atoms with Crippen molar-refractivity contribution >= 4 is 23.3 Å². The van der Waals surface area contributed by atoms with Crippen molar-refractivity contribution in [2.24, 2.45) is 5.73 Å². The van der Waals surface area contributed by atoms with Crippen LogP contribution in [0.3, 0.4) is 0 Å². The van der Waals surface area contributed by atoms with Gasteiger partial charge in [0.15, 0.2) is 11.9 Å². The van der Waals surface area contributed by atoms with Gasteiger partial charge >= 0.3 is 0 Å². The molecule has 0 saturated heterocycles. The van der Waals surface area contributed by atoms with Crippen LogP contribution in [0.4, 0.5) is 0 Å². The lowest BCUT2D eigenvalue weighted by Crippen LogP contribution is -2.30. The molecule has 5 heteroatoms. The third kappa shape index (κ3) is 3.83. The van der Waals surface area contributed by atoms with Crippen LogP contribution in [-0.2, 0) is 4.79 Å². The molecular weight excluding hydrogens is 290 g/mol. The maximum atomic E-state index is 12.2. The Kier molecular flexibility index (Phi) is 4.60. The van der Waals surface area contributed by atoms with Gasteiger partial charge in [-0.05, 0) is 55.5 Å². The van der Waals surface area contributed by atoms with Crippen molar-refractivity contribution in [1.29, 1.82) is 0 Å². The van der Waals surface area contributed by atoms with E-state index in [0.717, 1.165) is 0 Å². The SMILES string of the molecule is C[C@@H](Oc1ccc(C(=O)c2ccc(Cl)cc2)cc1)C(N)=O. The highest BCUT2D eigenvalue weighted by Crippen LogP contribution is 2.18. The van der Waals surface area contributed by atoms with Crippen molar-refractivity contribution in [3.8, 4) is 5.75 Å². The van der Waals surface area contributed by atoms with Crippen LogP contribution < -0.4 is 10.5 Å². The van der Waals surface area contributed by atoms with E-state index in [1.165, 1.54) is 0 Å². The number of hydrogen-bond donors (Lipinski definition) is 1. The molecule has 0 aromatic heterocycles. The number of halogens is 1. The van der Waals surface area contributed by atoms with Gasteiger partial charge < -0.3 is 10.5 Å². The van der Waals surface area contributed by atoms with Crippen molar-refractivity contribution in [2.45, 2.75) is 13.0 Å². The Morgan fingerprint density at radius 2 is 1.48 bits per heavy atom. The van der Waals surface area contributed by atoms with E-state index in [1.807, 2.05) is 0 Å². The summed E-state index contributed by atoms with van der Waals surface area (Å²) in [6, 6.07) is 13.2. The summed E-state index contributed by atoms with van der Waals surface area (Å²) in [6.07, 6.45) is -0.720. The molecule has 0 radical (unpaired) electrons. The number of nitrogens with two attached hydrogens (primary N) is 1. The van der Waals surface area contributed by atoms with E-state index in [-0.39, 0.29) is 5.78 Å². The number of amides is 1. The summed E-state index contributed by atoms with van der Waals surface area (Å²) in [4.78, 5) is 23.2. The number of rotatable bonds is 5. The second kappa shape index (κ2) is 6.41. The van der Waals surface area contributed by atoms with Crippen molar-refractivity contribution in [3.63, 3.8) is 0 Å². The summed E-state index contributed by atoms with van der Waals surface area (Å²) in [5.74, 6) is -0.175. The maximum Gasteiger partial charge on any atom is 0.258 e. The molecule has 21 heavy (non-hydrogen) atoms. The fourth-order valence-electron chi connectivity index (χ4n) is 1.72. The molecule has 0 aliphatic rings. The summed E-state index contributed by atoms with van der Waals surface area (Å²) in [6.45, 7) is 1.56. The standard InChI is InChI=1S/C16H14ClNO3/c1-10(16(18)20)21-14-8-4-12(5-9-14)15(19)11-2-6-13(17)7-3-11/h2-10H,1H3,(H2,18,20)/t10-/m1/s1. The molecule has 4 nitrogen and oxygen atoms in total. The van der Waals surface area contributed by atoms with Crippen molar-refractivity contribution in [1.82, 2.24) is 0 Å². The van der Waals surface area contributed by atoms with Crippen LogP contribution in [0.2, 0.25) is 5.02 Å². The quantitative estimate of drug-likeness (QED) is 0.864. The normalized spacial score (nSPS) is 11.7. The molecular formula is C16H14ClNO3. The van der Waals surface area contributed by atoms with Crippen LogP contribution in [0.1, 0.15) is 22.8 Å². The molecule has 0 spiro atoms. The van der Waals surface area contributed by atoms with Crippen LogP contribution in [0, 0.1) is 0 Å². The first kappa shape index (κ1) is 15.1. The fraction of sp³-hybridized carbons (Fsp3) is 0.125. The third-order valence-electron chi connectivity index (χ3n) is 2.94. The van der Waals surface area contributed by atoms with Crippen LogP contribution >= 0.6 is 11.6 Å². The Balaban J connectivity index is 2.13. The van der Waals surface area contributed by atoms with E-state index < -0.39 is 12.0 Å². The van der Waals surface area contributed by atoms with Gasteiger partial charge in [0, 0.05) is 16.1 Å².